The number of aliphatic imine (C=N–C) groups is 1. The molecule has 0 saturated carbocycles. The van der Waals surface area contributed by atoms with E-state index in [2.05, 4.69) is 39.7 Å². The molecule has 162 valence electrons. The van der Waals surface area contributed by atoms with E-state index < -0.39 is 5.60 Å². The van der Waals surface area contributed by atoms with Crippen LogP contribution >= 0.6 is 0 Å². The molecule has 29 heavy (non-hydrogen) atoms. The molecule has 1 atom stereocenters. The molecule has 1 saturated heterocycles. The van der Waals surface area contributed by atoms with Crippen LogP contribution in [-0.2, 0) is 17.8 Å². The van der Waals surface area contributed by atoms with Crippen LogP contribution < -0.4 is 10.6 Å². The molecular weight excluding hydrogens is 366 g/mol. The zero-order chi connectivity index (χ0) is 21.4. The van der Waals surface area contributed by atoms with Crippen molar-refractivity contribution in [3.05, 3.63) is 35.4 Å². The van der Waals surface area contributed by atoms with Gasteiger partial charge in [0.25, 0.3) is 0 Å². The number of nitrogens with one attached hydrogen (secondary N) is 2. The molecule has 2 rings (SSSR count). The first kappa shape index (κ1) is 23.0. The summed E-state index contributed by atoms with van der Waals surface area (Å²) >= 11 is 0. The van der Waals surface area contributed by atoms with E-state index in [1.54, 1.807) is 19.0 Å². The largest absolute Gasteiger partial charge is 0.444 e. The molecule has 7 heteroatoms. The molecule has 1 heterocycles. The van der Waals surface area contributed by atoms with E-state index in [0.717, 1.165) is 30.2 Å². The lowest BCUT2D eigenvalue weighted by Gasteiger charge is -2.24. The van der Waals surface area contributed by atoms with E-state index >= 15 is 0 Å². The number of benzene rings is 1. The van der Waals surface area contributed by atoms with Crippen LogP contribution in [0.4, 0.5) is 4.79 Å². The third-order valence-electron chi connectivity index (χ3n) is 4.88. The first-order chi connectivity index (χ1) is 13.7. The van der Waals surface area contributed by atoms with Gasteiger partial charge in [0.05, 0.1) is 0 Å². The number of amides is 1. The zero-order valence-corrected chi connectivity index (χ0v) is 18.8. The molecule has 1 unspecified atom stereocenters. The van der Waals surface area contributed by atoms with Gasteiger partial charge in [0, 0.05) is 40.3 Å². The molecule has 0 spiro atoms. The Balaban J connectivity index is 1.77. The predicted octanol–water partition coefficient (Wildman–Crippen LogP) is 2.67. The first-order valence-corrected chi connectivity index (χ1v) is 10.3. The molecule has 0 bridgehead atoms. The zero-order valence-electron chi connectivity index (χ0n) is 18.8. The van der Waals surface area contributed by atoms with Crippen molar-refractivity contribution in [3.8, 4) is 0 Å². The fraction of sp³-hybridized carbons (Fsp3) is 0.636. The van der Waals surface area contributed by atoms with Crippen LogP contribution in [-0.4, -0.2) is 68.2 Å². The van der Waals surface area contributed by atoms with Gasteiger partial charge in [-0.3, -0.25) is 4.99 Å². The van der Waals surface area contributed by atoms with Gasteiger partial charge in [0.1, 0.15) is 5.60 Å². The molecule has 0 radical (unpaired) electrons. The van der Waals surface area contributed by atoms with Crippen LogP contribution in [0.1, 0.15) is 38.3 Å². The minimum absolute atomic E-state index is 0.313. The number of likely N-dealkylation sites (tertiary alicyclic amines) is 1. The van der Waals surface area contributed by atoms with Crippen LogP contribution in [0.25, 0.3) is 0 Å². The van der Waals surface area contributed by atoms with Gasteiger partial charge in [-0.1, -0.05) is 24.3 Å². The minimum Gasteiger partial charge on any atom is -0.444 e. The number of carbonyl (C=O) groups excluding carboxylic acids is 1. The van der Waals surface area contributed by atoms with E-state index in [0.29, 0.717) is 19.0 Å². The summed E-state index contributed by atoms with van der Waals surface area (Å²) in [5.74, 6) is 1.51. The Morgan fingerprint density at radius 2 is 1.90 bits per heavy atom. The Kier molecular flexibility index (Phi) is 8.32. The number of nitrogens with zero attached hydrogens (tertiary/aromatic N) is 3. The normalized spacial score (nSPS) is 17.9. The standard InChI is InChI=1S/C22H37N5O2/c1-22(2,3)29-21(28)27(6)16-18-9-7-17(8-10-18)13-24-20(23-4)25-14-19-11-12-26(5)15-19/h7-10,19H,11-16H2,1-6H3,(H2,23,24,25). The predicted molar refractivity (Wildman–Crippen MR) is 118 cm³/mol. The highest BCUT2D eigenvalue weighted by atomic mass is 16.6. The molecule has 1 aliphatic heterocycles. The summed E-state index contributed by atoms with van der Waals surface area (Å²) in [6, 6.07) is 8.24. The Morgan fingerprint density at radius 3 is 2.45 bits per heavy atom. The average Bonchev–Trinajstić information content (AvgIpc) is 3.07. The van der Waals surface area contributed by atoms with Crippen molar-refractivity contribution in [2.45, 2.75) is 45.9 Å². The smallest absolute Gasteiger partial charge is 0.410 e. The number of hydrogen-bond donors (Lipinski definition) is 2. The van der Waals surface area contributed by atoms with Crippen molar-refractivity contribution in [1.82, 2.24) is 20.4 Å². The van der Waals surface area contributed by atoms with Gasteiger partial charge < -0.3 is 25.2 Å². The number of rotatable bonds is 6. The highest BCUT2D eigenvalue weighted by molar-refractivity contribution is 5.79. The fourth-order valence-corrected chi connectivity index (χ4v) is 3.28. The number of carbonyl (C=O) groups is 1. The number of ether oxygens (including phenoxy) is 1. The van der Waals surface area contributed by atoms with Crippen LogP contribution in [0.2, 0.25) is 0 Å². The van der Waals surface area contributed by atoms with Crippen LogP contribution in [0.15, 0.2) is 29.3 Å². The monoisotopic (exact) mass is 403 g/mol. The lowest BCUT2D eigenvalue weighted by Crippen LogP contribution is -2.39. The summed E-state index contributed by atoms with van der Waals surface area (Å²) < 4.78 is 5.39. The average molecular weight is 404 g/mol. The molecule has 1 amide bonds. The second kappa shape index (κ2) is 10.5. The van der Waals surface area contributed by atoms with Crippen LogP contribution in [0.5, 0.6) is 0 Å². The van der Waals surface area contributed by atoms with E-state index in [4.69, 9.17) is 4.74 Å². The van der Waals surface area contributed by atoms with Crippen molar-refractivity contribution in [2.24, 2.45) is 10.9 Å². The van der Waals surface area contributed by atoms with Crippen LogP contribution in [0.3, 0.4) is 0 Å². The van der Waals surface area contributed by atoms with Gasteiger partial charge in [-0.2, -0.15) is 0 Å². The Bertz CT molecular complexity index is 681. The van der Waals surface area contributed by atoms with Gasteiger partial charge in [-0.05, 0) is 57.8 Å². The third kappa shape index (κ3) is 8.31. The van der Waals surface area contributed by atoms with E-state index in [1.165, 1.54) is 13.0 Å². The lowest BCUT2D eigenvalue weighted by atomic mass is 10.1. The lowest BCUT2D eigenvalue weighted by molar-refractivity contribution is 0.0285. The molecule has 1 fully saturated rings. The quantitative estimate of drug-likeness (QED) is 0.565. The molecule has 0 aliphatic carbocycles. The minimum atomic E-state index is -0.485. The number of hydrogen-bond acceptors (Lipinski definition) is 4. The molecule has 0 aromatic heterocycles. The fourth-order valence-electron chi connectivity index (χ4n) is 3.28. The van der Waals surface area contributed by atoms with Gasteiger partial charge in [0.2, 0.25) is 0 Å². The maximum absolute atomic E-state index is 12.1. The van der Waals surface area contributed by atoms with Crippen LogP contribution in [0, 0.1) is 5.92 Å². The summed E-state index contributed by atoms with van der Waals surface area (Å²) in [6.07, 6.45) is 0.922. The highest BCUT2D eigenvalue weighted by Crippen LogP contribution is 2.13. The number of guanidine groups is 1. The second-order valence-electron chi connectivity index (χ2n) is 8.88. The molecule has 1 aromatic rings. The molecular formula is C22H37N5O2. The molecule has 2 N–H and O–H groups in total. The third-order valence-corrected chi connectivity index (χ3v) is 4.88. The maximum Gasteiger partial charge on any atom is 0.410 e. The molecule has 7 nitrogen and oxygen atoms in total. The van der Waals surface area contributed by atoms with Crippen molar-refractivity contribution in [2.75, 3.05) is 40.8 Å². The summed E-state index contributed by atoms with van der Waals surface area (Å²) in [5, 5.41) is 6.79. The van der Waals surface area contributed by atoms with Crippen molar-refractivity contribution in [1.29, 1.82) is 0 Å². The highest BCUT2D eigenvalue weighted by Gasteiger charge is 2.20. The molecule has 1 aliphatic rings. The van der Waals surface area contributed by atoms with E-state index in [9.17, 15) is 4.79 Å². The second-order valence-corrected chi connectivity index (χ2v) is 8.88. The summed E-state index contributed by atoms with van der Waals surface area (Å²) in [6.45, 7) is 10.1. The van der Waals surface area contributed by atoms with E-state index in [1.807, 2.05) is 32.9 Å². The summed E-state index contributed by atoms with van der Waals surface area (Å²) in [7, 11) is 5.72. The van der Waals surface area contributed by atoms with Crippen molar-refractivity contribution in [3.63, 3.8) is 0 Å². The Morgan fingerprint density at radius 1 is 1.24 bits per heavy atom. The molecule has 1 aromatic carbocycles. The van der Waals surface area contributed by atoms with Gasteiger partial charge in [-0.25, -0.2) is 4.79 Å². The summed E-state index contributed by atoms with van der Waals surface area (Å²) in [5.41, 5.74) is 1.74. The Hall–Kier alpha value is -2.28. The summed E-state index contributed by atoms with van der Waals surface area (Å²) in [4.78, 5) is 20.4. The topological polar surface area (TPSA) is 69.2 Å². The van der Waals surface area contributed by atoms with Crippen molar-refractivity contribution >= 4 is 12.1 Å². The van der Waals surface area contributed by atoms with Gasteiger partial charge in [0.15, 0.2) is 5.96 Å². The maximum atomic E-state index is 12.1. The van der Waals surface area contributed by atoms with Crippen molar-refractivity contribution < 1.29 is 9.53 Å². The Labute approximate surface area is 175 Å². The first-order valence-electron chi connectivity index (χ1n) is 10.3. The SMILES string of the molecule is CN=C(NCc1ccc(CN(C)C(=O)OC(C)(C)C)cc1)NCC1CCN(C)C1. The van der Waals surface area contributed by atoms with E-state index in [-0.39, 0.29) is 6.09 Å². The van der Waals surface area contributed by atoms with Gasteiger partial charge >= 0.3 is 6.09 Å². The van der Waals surface area contributed by atoms with Gasteiger partial charge in [-0.15, -0.1) is 0 Å².